The molecule has 55 heavy (non-hydrogen) atoms. The highest BCUT2D eigenvalue weighted by atomic mass is 35.5. The Balaban J connectivity index is 1.56. The van der Waals surface area contributed by atoms with E-state index in [4.69, 9.17) is 33.9 Å². The molecule has 3 aromatic heterocycles. The van der Waals surface area contributed by atoms with E-state index in [2.05, 4.69) is 37.9 Å². The van der Waals surface area contributed by atoms with Crippen molar-refractivity contribution in [3.63, 3.8) is 0 Å². The van der Waals surface area contributed by atoms with Crippen LogP contribution in [0.25, 0.3) is 17.1 Å². The summed E-state index contributed by atoms with van der Waals surface area (Å²) in [5.74, 6) is -8.31. The van der Waals surface area contributed by atoms with Crippen LogP contribution in [0.4, 0.5) is 32.0 Å². The van der Waals surface area contributed by atoms with Crippen LogP contribution < -0.4 is 21.9 Å². The third-order valence-electron chi connectivity index (χ3n) is 8.96. The Labute approximate surface area is 324 Å². The van der Waals surface area contributed by atoms with E-state index >= 15 is 8.78 Å². The van der Waals surface area contributed by atoms with Gasteiger partial charge in [0.2, 0.25) is 5.91 Å². The second kappa shape index (κ2) is 15.6. The average Bonchev–Trinajstić information content (AvgIpc) is 3.59. The molecule has 1 unspecified atom stereocenters. The lowest BCUT2D eigenvalue weighted by molar-refractivity contribution is -0.123. The van der Waals surface area contributed by atoms with Gasteiger partial charge in [0.25, 0.3) is 17.9 Å². The number of thiol groups is 1. The third-order valence-corrected chi connectivity index (χ3v) is 9.71. The molecule has 1 amide bonds. The van der Waals surface area contributed by atoms with Crippen LogP contribution >= 0.6 is 36.0 Å². The van der Waals surface area contributed by atoms with Crippen LogP contribution in [-0.2, 0) is 30.1 Å². The van der Waals surface area contributed by atoms with Gasteiger partial charge in [-0.05, 0) is 61.2 Å². The fraction of sp³-hybridized carbons (Fsp3) is 0.257. The quantitative estimate of drug-likeness (QED) is 0.0487. The molecule has 6 rings (SSSR count). The molecule has 288 valence electrons. The molecule has 0 saturated heterocycles. The van der Waals surface area contributed by atoms with E-state index in [9.17, 15) is 27.2 Å². The van der Waals surface area contributed by atoms with Crippen molar-refractivity contribution >= 4 is 53.4 Å². The number of nitrogens with zero attached hydrogens (tertiary/aromatic N) is 6. The van der Waals surface area contributed by atoms with Gasteiger partial charge in [-0.1, -0.05) is 30.1 Å². The van der Waals surface area contributed by atoms with Gasteiger partial charge in [0.05, 0.1) is 44.4 Å². The van der Waals surface area contributed by atoms with Crippen LogP contribution in [0, 0.1) is 17.6 Å². The second-order valence-electron chi connectivity index (χ2n) is 12.6. The lowest BCUT2D eigenvalue weighted by atomic mass is 10.0. The first-order valence-corrected chi connectivity index (χ1v) is 17.4. The number of anilines is 1. The average molecular weight is 825 g/mol. The predicted octanol–water partition coefficient (Wildman–Crippen LogP) is 6.99. The van der Waals surface area contributed by atoms with E-state index in [0.29, 0.717) is 10.7 Å². The van der Waals surface area contributed by atoms with Crippen LogP contribution in [0.1, 0.15) is 53.3 Å². The van der Waals surface area contributed by atoms with Gasteiger partial charge in [-0.2, -0.15) is 13.9 Å². The number of nitrogens with two attached hydrogens (primary N) is 1. The van der Waals surface area contributed by atoms with Crippen LogP contribution in [0.5, 0.6) is 0 Å². The van der Waals surface area contributed by atoms with Crippen molar-refractivity contribution in [1.82, 2.24) is 29.6 Å². The van der Waals surface area contributed by atoms with Crippen molar-refractivity contribution in [2.75, 3.05) is 12.4 Å². The number of amidine groups is 1. The molecule has 0 aliphatic heterocycles. The number of nitrogens with one attached hydrogen (secondary N) is 2. The number of aromatic nitrogens is 5. The van der Waals surface area contributed by atoms with Crippen molar-refractivity contribution in [3.05, 3.63) is 121 Å². The van der Waals surface area contributed by atoms with Gasteiger partial charge in [-0.3, -0.25) is 23.8 Å². The minimum absolute atomic E-state index is 0.0176. The molecule has 1 aliphatic rings. The summed E-state index contributed by atoms with van der Waals surface area (Å²) in [7, 11) is 1.50. The zero-order chi connectivity index (χ0) is 39.9. The van der Waals surface area contributed by atoms with Crippen LogP contribution in [0.3, 0.4) is 0 Å². The summed E-state index contributed by atoms with van der Waals surface area (Å²) in [5.41, 5.74) is 3.77. The molecule has 0 bridgehead atoms. The number of hydrogen-bond acceptors (Lipinski definition) is 8. The smallest absolute Gasteiger partial charge is 0.292 e. The lowest BCUT2D eigenvalue weighted by Gasteiger charge is -2.25. The Hall–Kier alpha value is -5.07. The van der Waals surface area contributed by atoms with E-state index in [-0.39, 0.29) is 61.2 Å². The van der Waals surface area contributed by atoms with E-state index in [0.717, 1.165) is 22.8 Å². The number of carbonyl (C=O) groups is 1. The maximum Gasteiger partial charge on any atom is 0.292 e. The van der Waals surface area contributed by atoms with Gasteiger partial charge in [0.15, 0.2) is 0 Å². The number of halogens is 8. The highest BCUT2D eigenvalue weighted by molar-refractivity contribution is 7.79. The Morgan fingerprint density at radius 1 is 1.11 bits per heavy atom. The number of carbonyl (C=O) groups excluding carboxylic acids is 1. The fourth-order valence-electron chi connectivity index (χ4n) is 6.54. The maximum atomic E-state index is 15.3. The van der Waals surface area contributed by atoms with Crippen molar-refractivity contribution < 1.29 is 31.1 Å². The summed E-state index contributed by atoms with van der Waals surface area (Å²) >= 11 is 16.4. The summed E-state index contributed by atoms with van der Waals surface area (Å²) < 4.78 is 92.9. The zero-order valence-corrected chi connectivity index (χ0v) is 31.0. The molecule has 5 aromatic rings. The molecule has 20 heteroatoms. The number of alkyl halides is 4. The molecular formula is C35H29Cl2F6N9O2S. The van der Waals surface area contributed by atoms with Crippen molar-refractivity contribution in [2.45, 2.75) is 44.7 Å². The SMILES string of the molecule is CNc1c(-n2c(C(Cc3cc(F)cc(F)c3)NC(=O)Cn3nc(C(F)F)c4c3C(F)(F)[C@@H](C)C4)nc(-c3ccc(Cl)cn3)cc2=O)ccc(Cl)c1/C(N)=N/S. The normalized spacial score (nSPS) is 15.6. The molecular weight excluding hydrogens is 795 g/mol. The number of hydrogen-bond donors (Lipinski definition) is 4. The molecule has 0 radical (unpaired) electrons. The van der Waals surface area contributed by atoms with Gasteiger partial charge < -0.3 is 16.4 Å². The first-order chi connectivity index (χ1) is 26.0. The van der Waals surface area contributed by atoms with Crippen LogP contribution in [0.15, 0.2) is 63.9 Å². The number of pyridine rings is 1. The highest BCUT2D eigenvalue weighted by Crippen LogP contribution is 2.48. The van der Waals surface area contributed by atoms with Crippen LogP contribution in [-0.4, -0.2) is 43.1 Å². The maximum absolute atomic E-state index is 15.3. The minimum atomic E-state index is -3.59. The Morgan fingerprint density at radius 2 is 1.82 bits per heavy atom. The van der Waals surface area contributed by atoms with Gasteiger partial charge in [0, 0.05) is 43.3 Å². The molecule has 2 aromatic carbocycles. The first-order valence-electron chi connectivity index (χ1n) is 16.3. The summed E-state index contributed by atoms with van der Waals surface area (Å²) in [6.45, 7) is 0.217. The second-order valence-corrected chi connectivity index (χ2v) is 13.6. The summed E-state index contributed by atoms with van der Waals surface area (Å²) in [6, 6.07) is 8.03. The predicted molar refractivity (Wildman–Crippen MR) is 197 cm³/mol. The summed E-state index contributed by atoms with van der Waals surface area (Å²) in [6.07, 6.45) is -2.73. The largest absolute Gasteiger partial charge is 0.386 e. The van der Waals surface area contributed by atoms with E-state index in [1.54, 1.807) is 0 Å². The van der Waals surface area contributed by atoms with Gasteiger partial charge in [0.1, 0.15) is 41.2 Å². The van der Waals surface area contributed by atoms with Crippen molar-refractivity contribution in [2.24, 2.45) is 16.0 Å². The van der Waals surface area contributed by atoms with E-state index < -0.39 is 78.2 Å². The summed E-state index contributed by atoms with van der Waals surface area (Å²) in [4.78, 5) is 37.1. The van der Waals surface area contributed by atoms with Gasteiger partial charge >= 0.3 is 0 Å². The topological polar surface area (TPSA) is 145 Å². The van der Waals surface area contributed by atoms with Crippen LogP contribution in [0.2, 0.25) is 10.0 Å². The summed E-state index contributed by atoms with van der Waals surface area (Å²) in [5, 5.41) is 9.59. The molecule has 0 fully saturated rings. The van der Waals surface area contributed by atoms with Crippen molar-refractivity contribution in [1.29, 1.82) is 0 Å². The zero-order valence-electron chi connectivity index (χ0n) is 28.6. The minimum Gasteiger partial charge on any atom is -0.386 e. The van der Waals surface area contributed by atoms with Crippen molar-refractivity contribution in [3.8, 4) is 17.1 Å². The van der Waals surface area contributed by atoms with Gasteiger partial charge in [-0.15, -0.1) is 0 Å². The van der Waals surface area contributed by atoms with Gasteiger partial charge in [-0.25, -0.2) is 26.9 Å². The molecule has 3 heterocycles. The standard InChI is InChI=1S/C35H29Cl2F6N9O2S/c1-15-7-20-29(32(40)41)49-51(31(20)35(15,42)43)14-26(53)47-24(10-16-8-18(38)11-19(39)9-16)34-48-23(22-5-3-17(36)13-46-22)12-27(54)52(34)25-6-4-21(37)28(30(25)45-2)33(44)50-55/h3-6,8-9,11-13,15,24,32,45,55H,7,10,14H2,1-2H3,(H2,44,50)(H,47,53)/t15-,24?/m0/s1. The third kappa shape index (κ3) is 7.75. The Morgan fingerprint density at radius 3 is 2.44 bits per heavy atom. The number of benzene rings is 2. The highest BCUT2D eigenvalue weighted by Gasteiger charge is 2.51. The molecule has 0 spiro atoms. The lowest BCUT2D eigenvalue weighted by Crippen LogP contribution is -2.38. The molecule has 1 aliphatic carbocycles. The fourth-order valence-corrected chi connectivity index (χ4v) is 7.00. The molecule has 11 nitrogen and oxygen atoms in total. The number of fused-ring (bicyclic) bond motifs is 1. The number of amides is 1. The molecule has 4 N–H and O–H groups in total. The Kier molecular flexibility index (Phi) is 11.2. The Bertz CT molecular complexity index is 2370. The van der Waals surface area contributed by atoms with E-state index in [1.165, 1.54) is 44.4 Å². The molecule has 2 atom stereocenters. The monoisotopic (exact) mass is 823 g/mol. The number of rotatable bonds is 11. The van der Waals surface area contributed by atoms with E-state index in [1.807, 2.05) is 0 Å². The molecule has 0 saturated carbocycles. The first kappa shape index (κ1) is 39.6.